The third kappa shape index (κ3) is 3.55. The summed E-state index contributed by atoms with van der Waals surface area (Å²) in [7, 11) is 0. The fourth-order valence-corrected chi connectivity index (χ4v) is 2.02. The molecule has 0 heterocycles. The van der Waals surface area contributed by atoms with Gasteiger partial charge in [0.05, 0.1) is 5.02 Å². The Morgan fingerprint density at radius 3 is 2.47 bits per heavy atom. The standard InChI is InChI=1S/C15H13ClFNO/c16-14-3-1-2-11(15(14)17)9-13(19)8-10-4-6-12(18)7-5-10/h1-7H,8-9,18H2. The fraction of sp³-hybridized carbons (Fsp3) is 0.133. The molecule has 0 aliphatic heterocycles. The van der Waals surface area contributed by atoms with Crippen molar-refractivity contribution in [2.75, 3.05) is 5.73 Å². The highest BCUT2D eigenvalue weighted by atomic mass is 35.5. The van der Waals surface area contributed by atoms with Crippen molar-refractivity contribution in [1.29, 1.82) is 0 Å². The van der Waals surface area contributed by atoms with Crippen LogP contribution in [-0.2, 0) is 17.6 Å². The summed E-state index contributed by atoms with van der Waals surface area (Å²) in [5.74, 6) is -0.583. The average Bonchev–Trinajstić information content (AvgIpc) is 2.38. The third-order valence-electron chi connectivity index (χ3n) is 2.80. The van der Waals surface area contributed by atoms with Gasteiger partial charge in [-0.15, -0.1) is 0 Å². The summed E-state index contributed by atoms with van der Waals surface area (Å²) in [6.07, 6.45) is 0.295. The summed E-state index contributed by atoms with van der Waals surface area (Å²) in [5, 5.41) is 0.0396. The minimum atomic E-state index is -0.519. The number of anilines is 1. The monoisotopic (exact) mass is 277 g/mol. The molecule has 0 fully saturated rings. The van der Waals surface area contributed by atoms with Crippen LogP contribution >= 0.6 is 11.6 Å². The van der Waals surface area contributed by atoms with Gasteiger partial charge in [-0.2, -0.15) is 0 Å². The predicted octanol–water partition coefficient (Wildman–Crippen LogP) is 3.42. The largest absolute Gasteiger partial charge is 0.399 e. The molecular formula is C15H13ClFNO. The predicted molar refractivity (Wildman–Crippen MR) is 74.7 cm³/mol. The van der Waals surface area contributed by atoms with Gasteiger partial charge in [0.1, 0.15) is 11.6 Å². The van der Waals surface area contributed by atoms with E-state index >= 15 is 0 Å². The molecule has 0 spiro atoms. The lowest BCUT2D eigenvalue weighted by Crippen LogP contribution is -2.08. The summed E-state index contributed by atoms with van der Waals surface area (Å²) in [6, 6.07) is 11.7. The van der Waals surface area contributed by atoms with Crippen molar-refractivity contribution in [3.05, 3.63) is 64.4 Å². The number of hydrogen-bond acceptors (Lipinski definition) is 2. The zero-order chi connectivity index (χ0) is 13.8. The van der Waals surface area contributed by atoms with E-state index in [2.05, 4.69) is 0 Å². The molecule has 2 nitrogen and oxygen atoms in total. The van der Waals surface area contributed by atoms with E-state index in [0.717, 1.165) is 5.56 Å². The highest BCUT2D eigenvalue weighted by Crippen LogP contribution is 2.19. The number of carbonyl (C=O) groups is 1. The maximum atomic E-state index is 13.7. The van der Waals surface area contributed by atoms with Crippen LogP contribution in [0.5, 0.6) is 0 Å². The highest BCUT2D eigenvalue weighted by molar-refractivity contribution is 6.30. The van der Waals surface area contributed by atoms with Crippen molar-refractivity contribution in [3.8, 4) is 0 Å². The summed E-state index contributed by atoms with van der Waals surface area (Å²) in [6.45, 7) is 0. The molecule has 2 rings (SSSR count). The molecule has 19 heavy (non-hydrogen) atoms. The van der Waals surface area contributed by atoms with E-state index in [0.29, 0.717) is 11.3 Å². The van der Waals surface area contributed by atoms with E-state index < -0.39 is 5.82 Å². The molecule has 4 heteroatoms. The number of nitrogens with two attached hydrogens (primary N) is 1. The lowest BCUT2D eigenvalue weighted by atomic mass is 10.0. The van der Waals surface area contributed by atoms with E-state index in [9.17, 15) is 9.18 Å². The number of ketones is 1. The van der Waals surface area contributed by atoms with E-state index in [-0.39, 0.29) is 23.6 Å². The van der Waals surface area contributed by atoms with Crippen LogP contribution in [0.15, 0.2) is 42.5 Å². The van der Waals surface area contributed by atoms with E-state index in [4.69, 9.17) is 17.3 Å². The minimum absolute atomic E-state index is 0.0385. The first-order chi connectivity index (χ1) is 9.06. The third-order valence-corrected chi connectivity index (χ3v) is 3.09. The first-order valence-electron chi connectivity index (χ1n) is 5.85. The van der Waals surface area contributed by atoms with Crippen molar-refractivity contribution >= 4 is 23.1 Å². The van der Waals surface area contributed by atoms with E-state index in [1.54, 1.807) is 36.4 Å². The van der Waals surface area contributed by atoms with Gasteiger partial charge in [0, 0.05) is 18.5 Å². The van der Waals surface area contributed by atoms with Crippen LogP contribution in [0.25, 0.3) is 0 Å². The van der Waals surface area contributed by atoms with Gasteiger partial charge < -0.3 is 5.73 Å². The van der Waals surface area contributed by atoms with E-state index in [1.165, 1.54) is 6.07 Å². The van der Waals surface area contributed by atoms with Gasteiger partial charge in [-0.3, -0.25) is 4.79 Å². The summed E-state index contributed by atoms with van der Waals surface area (Å²) >= 11 is 5.67. The number of rotatable bonds is 4. The number of halogens is 2. The normalized spacial score (nSPS) is 10.4. The van der Waals surface area contributed by atoms with Crippen molar-refractivity contribution in [3.63, 3.8) is 0 Å². The van der Waals surface area contributed by atoms with Crippen LogP contribution in [0.2, 0.25) is 5.02 Å². The second kappa shape index (κ2) is 5.85. The van der Waals surface area contributed by atoms with Crippen LogP contribution < -0.4 is 5.73 Å². The molecule has 98 valence electrons. The Morgan fingerprint density at radius 1 is 1.11 bits per heavy atom. The minimum Gasteiger partial charge on any atom is -0.399 e. The quantitative estimate of drug-likeness (QED) is 0.870. The van der Waals surface area contributed by atoms with Crippen molar-refractivity contribution in [2.24, 2.45) is 0 Å². The lowest BCUT2D eigenvalue weighted by molar-refractivity contribution is -0.117. The molecule has 0 radical (unpaired) electrons. The van der Waals surface area contributed by atoms with Gasteiger partial charge in [0.25, 0.3) is 0 Å². The molecule has 0 bridgehead atoms. The molecule has 2 N–H and O–H groups in total. The molecule has 0 aliphatic carbocycles. The Labute approximate surface area is 116 Å². The molecule has 0 saturated carbocycles. The molecule has 0 saturated heterocycles. The van der Waals surface area contributed by atoms with Crippen LogP contribution in [-0.4, -0.2) is 5.78 Å². The maximum Gasteiger partial charge on any atom is 0.145 e. The van der Waals surface area contributed by atoms with Gasteiger partial charge in [-0.05, 0) is 29.3 Å². The van der Waals surface area contributed by atoms with Crippen molar-refractivity contribution in [1.82, 2.24) is 0 Å². The number of nitrogen functional groups attached to an aromatic ring is 1. The Morgan fingerprint density at radius 2 is 1.79 bits per heavy atom. The second-order valence-electron chi connectivity index (χ2n) is 4.35. The van der Waals surface area contributed by atoms with Gasteiger partial charge in [0.2, 0.25) is 0 Å². The Hall–Kier alpha value is -1.87. The summed E-state index contributed by atoms with van der Waals surface area (Å²) in [4.78, 5) is 11.9. The first-order valence-corrected chi connectivity index (χ1v) is 6.23. The van der Waals surface area contributed by atoms with Crippen molar-refractivity contribution < 1.29 is 9.18 Å². The number of hydrogen-bond donors (Lipinski definition) is 1. The molecule has 0 aliphatic rings. The van der Waals surface area contributed by atoms with Crippen molar-refractivity contribution in [2.45, 2.75) is 12.8 Å². The maximum absolute atomic E-state index is 13.7. The van der Waals surface area contributed by atoms with Crippen LogP contribution in [0.1, 0.15) is 11.1 Å². The van der Waals surface area contributed by atoms with E-state index in [1.807, 2.05) is 0 Å². The van der Waals surface area contributed by atoms with Crippen LogP contribution in [0.4, 0.5) is 10.1 Å². The van der Waals surface area contributed by atoms with Gasteiger partial charge in [0.15, 0.2) is 0 Å². The number of Topliss-reactive ketones (excluding diaryl/α,β-unsaturated/α-hetero) is 1. The fourth-order valence-electron chi connectivity index (χ4n) is 1.82. The number of benzene rings is 2. The Balaban J connectivity index is 2.05. The second-order valence-corrected chi connectivity index (χ2v) is 4.75. The first kappa shape index (κ1) is 13.6. The Kier molecular flexibility index (Phi) is 4.17. The Bertz CT molecular complexity index is 596. The average molecular weight is 278 g/mol. The molecule has 0 atom stereocenters. The molecule has 2 aromatic rings. The topological polar surface area (TPSA) is 43.1 Å². The molecule has 2 aromatic carbocycles. The molecule has 0 aromatic heterocycles. The zero-order valence-electron chi connectivity index (χ0n) is 10.2. The SMILES string of the molecule is Nc1ccc(CC(=O)Cc2cccc(Cl)c2F)cc1. The summed E-state index contributed by atoms with van der Waals surface area (Å²) < 4.78 is 13.7. The highest BCUT2D eigenvalue weighted by Gasteiger charge is 2.11. The van der Waals surface area contributed by atoms with Gasteiger partial charge in [-0.1, -0.05) is 35.9 Å². The molecule has 0 amide bonds. The lowest BCUT2D eigenvalue weighted by Gasteiger charge is -2.05. The van der Waals surface area contributed by atoms with Gasteiger partial charge in [-0.25, -0.2) is 4.39 Å². The zero-order valence-corrected chi connectivity index (χ0v) is 11.0. The smallest absolute Gasteiger partial charge is 0.145 e. The van der Waals surface area contributed by atoms with Crippen LogP contribution in [0, 0.1) is 5.82 Å². The summed E-state index contributed by atoms with van der Waals surface area (Å²) in [5.41, 5.74) is 7.41. The van der Waals surface area contributed by atoms with Gasteiger partial charge >= 0.3 is 0 Å². The van der Waals surface area contributed by atoms with Crippen LogP contribution in [0.3, 0.4) is 0 Å². The molecular weight excluding hydrogens is 265 g/mol. The molecule has 0 unspecified atom stereocenters. The number of carbonyl (C=O) groups excluding carboxylic acids is 1.